The zero-order valence-corrected chi connectivity index (χ0v) is 19.4. The van der Waals surface area contributed by atoms with Crippen LogP contribution in [0.25, 0.3) is 0 Å². The van der Waals surface area contributed by atoms with Crippen LogP contribution in [0.2, 0.25) is 0 Å². The van der Waals surface area contributed by atoms with Gasteiger partial charge in [0, 0.05) is 0 Å². The molecule has 1 fully saturated rings. The Labute approximate surface area is 184 Å². The van der Waals surface area contributed by atoms with Crippen molar-refractivity contribution in [3.05, 3.63) is 48.5 Å². The van der Waals surface area contributed by atoms with E-state index in [-0.39, 0.29) is 0 Å². The maximum Gasteiger partial charge on any atom is 0.243 e. The van der Waals surface area contributed by atoms with Crippen LogP contribution in [0.1, 0.15) is 95.5 Å². The summed E-state index contributed by atoms with van der Waals surface area (Å²) in [5.41, 5.74) is 1.52. The number of unbranched alkanes of at least 4 members (excludes halogenated alkanes) is 5. The summed E-state index contributed by atoms with van der Waals surface area (Å²) in [6.07, 6.45) is 22.5. The minimum Gasteiger partial charge on any atom is -0.494 e. The maximum atomic E-state index is 5.98. The van der Waals surface area contributed by atoms with E-state index < -0.39 is 0 Å². The van der Waals surface area contributed by atoms with Gasteiger partial charge in [0.1, 0.15) is 18.1 Å². The molecule has 3 nitrogen and oxygen atoms in total. The first kappa shape index (κ1) is 22.9. The molecular weight excluding hydrogens is 368 g/mol. The van der Waals surface area contributed by atoms with Crippen molar-refractivity contribution >= 4 is 0 Å². The minimum atomic E-state index is 0.768. The van der Waals surface area contributed by atoms with Gasteiger partial charge in [-0.25, -0.2) is 9.13 Å². The van der Waals surface area contributed by atoms with E-state index in [1.807, 2.05) is 0 Å². The molecule has 1 aliphatic carbocycles. The lowest BCUT2D eigenvalue weighted by atomic mass is 9.77. The topological polar surface area (TPSA) is 18.0 Å². The highest BCUT2D eigenvalue weighted by Crippen LogP contribution is 2.38. The lowest BCUT2D eigenvalue weighted by Crippen LogP contribution is -2.23. The summed E-state index contributed by atoms with van der Waals surface area (Å²) in [6.45, 7) is 4.25. The molecule has 0 unspecified atom stereocenters. The molecule has 3 heteroatoms. The van der Waals surface area contributed by atoms with Gasteiger partial charge in [0.15, 0.2) is 0 Å². The second-order valence-electron chi connectivity index (χ2n) is 9.36. The predicted molar refractivity (Wildman–Crippen MR) is 125 cm³/mol. The van der Waals surface area contributed by atoms with Gasteiger partial charge in [0.2, 0.25) is 6.33 Å². The van der Waals surface area contributed by atoms with Gasteiger partial charge in [0.05, 0.1) is 20.2 Å². The summed E-state index contributed by atoms with van der Waals surface area (Å²) in [4.78, 5) is 0. The third-order valence-corrected chi connectivity index (χ3v) is 6.82. The molecule has 1 aliphatic rings. The number of hydrogen-bond acceptors (Lipinski definition) is 1. The van der Waals surface area contributed by atoms with Crippen molar-refractivity contribution in [2.75, 3.05) is 6.61 Å². The largest absolute Gasteiger partial charge is 0.494 e. The van der Waals surface area contributed by atoms with E-state index in [4.69, 9.17) is 4.74 Å². The normalized spacial score (nSPS) is 19.1. The van der Waals surface area contributed by atoms with Crippen LogP contribution in [0, 0.1) is 5.92 Å². The van der Waals surface area contributed by atoms with Crippen LogP contribution in [0.4, 0.5) is 0 Å². The molecule has 0 saturated heterocycles. The third kappa shape index (κ3) is 7.81. The molecular formula is C27H43N2O+. The highest BCUT2D eigenvalue weighted by molar-refractivity contribution is 5.29. The van der Waals surface area contributed by atoms with Gasteiger partial charge in [-0.15, -0.1) is 0 Å². The Kier molecular flexibility index (Phi) is 9.79. The van der Waals surface area contributed by atoms with Gasteiger partial charge < -0.3 is 4.74 Å². The van der Waals surface area contributed by atoms with Crippen molar-refractivity contribution < 1.29 is 9.30 Å². The van der Waals surface area contributed by atoms with Crippen LogP contribution in [0.3, 0.4) is 0 Å². The van der Waals surface area contributed by atoms with Crippen LogP contribution < -0.4 is 9.30 Å². The first-order chi connectivity index (χ1) is 14.7. The second kappa shape index (κ2) is 12.8. The molecule has 1 aromatic carbocycles. The van der Waals surface area contributed by atoms with E-state index in [0.717, 1.165) is 37.2 Å². The van der Waals surface area contributed by atoms with Crippen LogP contribution >= 0.6 is 0 Å². The summed E-state index contributed by atoms with van der Waals surface area (Å²) >= 11 is 0. The molecule has 2 aromatic rings. The highest BCUT2D eigenvalue weighted by Gasteiger charge is 2.22. The van der Waals surface area contributed by atoms with Crippen LogP contribution in [0.15, 0.2) is 43.0 Å². The molecule has 0 radical (unpaired) electrons. The van der Waals surface area contributed by atoms with Crippen molar-refractivity contribution in [3.63, 3.8) is 0 Å². The maximum absolute atomic E-state index is 5.98. The fourth-order valence-electron chi connectivity index (χ4n) is 4.88. The molecule has 1 saturated carbocycles. The Morgan fingerprint density at radius 3 is 2.40 bits per heavy atom. The van der Waals surface area contributed by atoms with Gasteiger partial charge in [0.25, 0.3) is 0 Å². The van der Waals surface area contributed by atoms with E-state index in [9.17, 15) is 0 Å². The summed E-state index contributed by atoms with van der Waals surface area (Å²) in [5.74, 6) is 2.79. The third-order valence-electron chi connectivity index (χ3n) is 6.82. The van der Waals surface area contributed by atoms with E-state index in [2.05, 4.69) is 66.1 Å². The quantitative estimate of drug-likeness (QED) is 0.262. The summed E-state index contributed by atoms with van der Waals surface area (Å²) in [6, 6.07) is 9.01. The Balaban J connectivity index is 1.26. The van der Waals surface area contributed by atoms with Crippen molar-refractivity contribution in [2.45, 2.75) is 96.4 Å². The Hall–Kier alpha value is -1.77. The number of rotatable bonds is 13. The zero-order valence-electron chi connectivity index (χ0n) is 19.4. The monoisotopic (exact) mass is 411 g/mol. The van der Waals surface area contributed by atoms with E-state index in [1.165, 1.54) is 76.2 Å². The highest BCUT2D eigenvalue weighted by atomic mass is 16.5. The Bertz CT molecular complexity index is 698. The number of ether oxygens (including phenoxy) is 1. The molecule has 0 aliphatic heterocycles. The van der Waals surface area contributed by atoms with Crippen LogP contribution in [-0.4, -0.2) is 11.2 Å². The number of imidazole rings is 1. The molecule has 0 amide bonds. The van der Waals surface area contributed by atoms with Crippen molar-refractivity contribution in [1.82, 2.24) is 4.57 Å². The van der Waals surface area contributed by atoms with Crippen molar-refractivity contribution in [1.29, 1.82) is 0 Å². The SMILES string of the molecule is CCCCCC1CCC(c2ccc(OCCCCCCn3cc[n+](C)c3)cc2)CC1. The molecule has 1 heterocycles. The molecule has 0 N–H and O–H groups in total. The smallest absolute Gasteiger partial charge is 0.243 e. The fourth-order valence-corrected chi connectivity index (χ4v) is 4.88. The van der Waals surface area contributed by atoms with Gasteiger partial charge in [-0.2, -0.15) is 0 Å². The zero-order chi connectivity index (χ0) is 21.0. The fraction of sp³-hybridized carbons (Fsp3) is 0.667. The number of aromatic nitrogens is 2. The summed E-state index contributed by atoms with van der Waals surface area (Å²) in [5, 5.41) is 0. The molecule has 0 atom stereocenters. The molecule has 0 spiro atoms. The van der Waals surface area contributed by atoms with Crippen LogP contribution in [0.5, 0.6) is 5.75 Å². The average molecular weight is 412 g/mol. The van der Waals surface area contributed by atoms with Gasteiger partial charge in [-0.3, -0.25) is 0 Å². The van der Waals surface area contributed by atoms with E-state index in [0.29, 0.717) is 0 Å². The summed E-state index contributed by atoms with van der Waals surface area (Å²) in [7, 11) is 2.07. The minimum absolute atomic E-state index is 0.768. The average Bonchev–Trinajstić information content (AvgIpc) is 3.19. The molecule has 3 rings (SSSR count). The van der Waals surface area contributed by atoms with Crippen molar-refractivity contribution in [3.8, 4) is 5.75 Å². The van der Waals surface area contributed by atoms with Gasteiger partial charge >= 0.3 is 0 Å². The number of nitrogens with zero attached hydrogens (tertiary/aromatic N) is 2. The van der Waals surface area contributed by atoms with Crippen molar-refractivity contribution in [2.24, 2.45) is 13.0 Å². The Morgan fingerprint density at radius 2 is 1.70 bits per heavy atom. The standard InChI is InChI=1S/C27H43N2O/c1-3-4-7-10-24-11-13-25(14-12-24)26-15-17-27(18-16-26)30-22-9-6-5-8-19-29-21-20-28(2)23-29/h15-18,20-21,23-25H,3-14,19,22H2,1-2H3/q+1. The molecule has 166 valence electrons. The Morgan fingerprint density at radius 1 is 0.933 bits per heavy atom. The second-order valence-corrected chi connectivity index (χ2v) is 9.36. The lowest BCUT2D eigenvalue weighted by molar-refractivity contribution is -0.671. The molecule has 30 heavy (non-hydrogen) atoms. The van der Waals surface area contributed by atoms with Crippen LogP contribution in [-0.2, 0) is 13.6 Å². The molecule has 1 aromatic heterocycles. The lowest BCUT2D eigenvalue weighted by Gasteiger charge is -2.29. The first-order valence-electron chi connectivity index (χ1n) is 12.5. The number of aryl methyl sites for hydroxylation is 2. The van der Waals surface area contributed by atoms with Gasteiger partial charge in [-0.05, 0) is 80.9 Å². The van der Waals surface area contributed by atoms with E-state index >= 15 is 0 Å². The number of benzene rings is 1. The van der Waals surface area contributed by atoms with Gasteiger partial charge in [-0.1, -0.05) is 44.7 Å². The first-order valence-corrected chi connectivity index (χ1v) is 12.5. The number of hydrogen-bond donors (Lipinski definition) is 0. The molecule has 0 bridgehead atoms. The predicted octanol–water partition coefficient (Wildman–Crippen LogP) is 6.81. The summed E-state index contributed by atoms with van der Waals surface area (Å²) < 4.78 is 10.3. The van der Waals surface area contributed by atoms with E-state index in [1.54, 1.807) is 0 Å².